The SMILES string of the molecule is CCSCCn1ccc(C)c1C(=O)O. The van der Waals surface area contributed by atoms with Crippen molar-refractivity contribution in [3.05, 3.63) is 23.5 Å². The molecule has 14 heavy (non-hydrogen) atoms. The molecule has 1 aromatic heterocycles. The Balaban J connectivity index is 2.71. The molecule has 0 atom stereocenters. The summed E-state index contributed by atoms with van der Waals surface area (Å²) in [4.78, 5) is 10.9. The summed E-state index contributed by atoms with van der Waals surface area (Å²) < 4.78 is 1.81. The van der Waals surface area contributed by atoms with E-state index in [9.17, 15) is 4.79 Å². The fourth-order valence-electron chi connectivity index (χ4n) is 1.37. The van der Waals surface area contributed by atoms with Crippen LogP contribution in [0.1, 0.15) is 23.0 Å². The number of carbonyl (C=O) groups is 1. The van der Waals surface area contributed by atoms with Crippen molar-refractivity contribution in [3.8, 4) is 0 Å². The first kappa shape index (κ1) is 11.2. The normalized spacial score (nSPS) is 10.4. The molecule has 4 heteroatoms. The van der Waals surface area contributed by atoms with Crippen molar-refractivity contribution in [2.45, 2.75) is 20.4 Å². The molecule has 0 unspecified atom stereocenters. The summed E-state index contributed by atoms with van der Waals surface area (Å²) in [6.07, 6.45) is 1.84. The van der Waals surface area contributed by atoms with E-state index in [4.69, 9.17) is 5.11 Å². The highest BCUT2D eigenvalue weighted by molar-refractivity contribution is 7.99. The van der Waals surface area contributed by atoms with E-state index in [2.05, 4.69) is 6.92 Å². The van der Waals surface area contributed by atoms with E-state index >= 15 is 0 Å². The molecule has 0 saturated carbocycles. The van der Waals surface area contributed by atoms with Gasteiger partial charge in [0, 0.05) is 18.5 Å². The van der Waals surface area contributed by atoms with Crippen molar-refractivity contribution in [2.75, 3.05) is 11.5 Å². The number of hydrogen-bond acceptors (Lipinski definition) is 2. The number of rotatable bonds is 5. The lowest BCUT2D eigenvalue weighted by Gasteiger charge is -2.05. The number of aromatic nitrogens is 1. The van der Waals surface area contributed by atoms with Crippen molar-refractivity contribution in [1.82, 2.24) is 4.57 Å². The average Bonchev–Trinajstić information content (AvgIpc) is 2.47. The smallest absolute Gasteiger partial charge is 0.352 e. The van der Waals surface area contributed by atoms with E-state index in [0.29, 0.717) is 5.69 Å². The Morgan fingerprint density at radius 3 is 2.93 bits per heavy atom. The number of hydrogen-bond donors (Lipinski definition) is 1. The molecule has 0 bridgehead atoms. The van der Waals surface area contributed by atoms with Gasteiger partial charge in [0.25, 0.3) is 0 Å². The maximum absolute atomic E-state index is 10.9. The van der Waals surface area contributed by atoms with Gasteiger partial charge in [-0.15, -0.1) is 0 Å². The van der Waals surface area contributed by atoms with Crippen molar-refractivity contribution in [3.63, 3.8) is 0 Å². The third-order valence-electron chi connectivity index (χ3n) is 2.05. The number of thioether (sulfide) groups is 1. The van der Waals surface area contributed by atoms with Crippen molar-refractivity contribution in [2.24, 2.45) is 0 Å². The van der Waals surface area contributed by atoms with E-state index < -0.39 is 5.97 Å². The molecule has 0 aliphatic heterocycles. The second-order valence-corrected chi connectivity index (χ2v) is 4.44. The highest BCUT2D eigenvalue weighted by Gasteiger charge is 2.12. The lowest BCUT2D eigenvalue weighted by molar-refractivity contribution is 0.0684. The molecule has 78 valence electrons. The van der Waals surface area contributed by atoms with Crippen LogP contribution in [0.25, 0.3) is 0 Å². The van der Waals surface area contributed by atoms with Crippen LogP contribution in [0.5, 0.6) is 0 Å². The lowest BCUT2D eigenvalue weighted by atomic mass is 10.3. The zero-order valence-corrected chi connectivity index (χ0v) is 9.30. The summed E-state index contributed by atoms with van der Waals surface area (Å²) >= 11 is 1.82. The molecule has 1 aromatic rings. The van der Waals surface area contributed by atoms with Gasteiger partial charge in [0.05, 0.1) is 0 Å². The monoisotopic (exact) mass is 213 g/mol. The Kier molecular flexibility index (Phi) is 4.07. The predicted octanol–water partition coefficient (Wildman–Crippen LogP) is 2.25. The molecule has 1 heterocycles. The first-order valence-corrected chi connectivity index (χ1v) is 5.79. The maximum atomic E-state index is 10.9. The Hall–Kier alpha value is -0.900. The third kappa shape index (κ3) is 2.54. The molecule has 0 fully saturated rings. The number of aromatic carboxylic acids is 1. The van der Waals surface area contributed by atoms with Crippen LogP contribution in [-0.4, -0.2) is 27.1 Å². The summed E-state index contributed by atoms with van der Waals surface area (Å²) in [6.45, 7) is 4.70. The molecule has 0 saturated heterocycles. The molecule has 0 aromatic carbocycles. The van der Waals surface area contributed by atoms with Gasteiger partial charge >= 0.3 is 5.97 Å². The minimum Gasteiger partial charge on any atom is -0.477 e. The molecule has 0 amide bonds. The molecule has 0 spiro atoms. The Labute approximate surface area is 88.1 Å². The quantitative estimate of drug-likeness (QED) is 0.763. The van der Waals surface area contributed by atoms with E-state index in [1.165, 1.54) is 0 Å². The van der Waals surface area contributed by atoms with Gasteiger partial charge in [0.1, 0.15) is 5.69 Å². The molecule has 1 N–H and O–H groups in total. The minimum atomic E-state index is -0.839. The van der Waals surface area contributed by atoms with Gasteiger partial charge in [-0.2, -0.15) is 11.8 Å². The van der Waals surface area contributed by atoms with Gasteiger partial charge < -0.3 is 9.67 Å². The fraction of sp³-hybridized carbons (Fsp3) is 0.500. The van der Waals surface area contributed by atoms with Crippen molar-refractivity contribution in [1.29, 1.82) is 0 Å². The van der Waals surface area contributed by atoms with Crippen LogP contribution in [0.4, 0.5) is 0 Å². The van der Waals surface area contributed by atoms with E-state index in [1.807, 2.05) is 30.9 Å². The Morgan fingerprint density at radius 1 is 1.64 bits per heavy atom. The molecule has 3 nitrogen and oxygen atoms in total. The molecule has 1 rings (SSSR count). The van der Waals surface area contributed by atoms with Crippen molar-refractivity contribution >= 4 is 17.7 Å². The summed E-state index contributed by atoms with van der Waals surface area (Å²) in [7, 11) is 0. The maximum Gasteiger partial charge on any atom is 0.352 e. The van der Waals surface area contributed by atoms with Gasteiger partial charge in [-0.05, 0) is 24.3 Å². The second kappa shape index (κ2) is 5.10. The van der Waals surface area contributed by atoms with Crippen LogP contribution in [0, 0.1) is 6.92 Å². The van der Waals surface area contributed by atoms with Crippen molar-refractivity contribution < 1.29 is 9.90 Å². The van der Waals surface area contributed by atoms with E-state index in [1.54, 1.807) is 4.57 Å². The number of carboxylic acids is 1. The number of carboxylic acid groups (broad SMARTS) is 1. The number of nitrogens with zero attached hydrogens (tertiary/aromatic N) is 1. The largest absolute Gasteiger partial charge is 0.477 e. The predicted molar refractivity (Wildman–Crippen MR) is 59.1 cm³/mol. The first-order chi connectivity index (χ1) is 6.66. The van der Waals surface area contributed by atoms with Gasteiger partial charge in [0.15, 0.2) is 0 Å². The average molecular weight is 213 g/mol. The third-order valence-corrected chi connectivity index (χ3v) is 2.93. The minimum absolute atomic E-state index is 0.418. The number of aryl methyl sites for hydroxylation is 2. The molecular weight excluding hydrogens is 198 g/mol. The second-order valence-electron chi connectivity index (χ2n) is 3.04. The summed E-state index contributed by atoms with van der Waals surface area (Å²) in [5.74, 6) is 1.20. The van der Waals surface area contributed by atoms with Crippen LogP contribution >= 0.6 is 11.8 Å². The van der Waals surface area contributed by atoms with Gasteiger partial charge in [0.2, 0.25) is 0 Å². The van der Waals surface area contributed by atoms with Crippen LogP contribution in [0.2, 0.25) is 0 Å². The summed E-state index contributed by atoms with van der Waals surface area (Å²) in [5, 5.41) is 8.96. The van der Waals surface area contributed by atoms with E-state index in [-0.39, 0.29) is 0 Å². The first-order valence-electron chi connectivity index (χ1n) is 4.63. The van der Waals surface area contributed by atoms with Crippen LogP contribution in [-0.2, 0) is 6.54 Å². The highest BCUT2D eigenvalue weighted by Crippen LogP contribution is 2.11. The highest BCUT2D eigenvalue weighted by atomic mass is 32.2. The standard InChI is InChI=1S/C10H15NO2S/c1-3-14-7-6-11-5-4-8(2)9(11)10(12)13/h4-5H,3,6-7H2,1-2H3,(H,12,13). The van der Waals surface area contributed by atoms with Crippen LogP contribution in [0.3, 0.4) is 0 Å². The lowest BCUT2D eigenvalue weighted by Crippen LogP contribution is -2.10. The molecular formula is C10H15NO2S. The van der Waals surface area contributed by atoms with E-state index in [0.717, 1.165) is 23.6 Å². The van der Waals surface area contributed by atoms with Crippen LogP contribution in [0.15, 0.2) is 12.3 Å². The fourth-order valence-corrected chi connectivity index (χ4v) is 1.98. The molecule has 0 aliphatic carbocycles. The zero-order chi connectivity index (χ0) is 10.6. The van der Waals surface area contributed by atoms with Gasteiger partial charge in [-0.1, -0.05) is 6.92 Å². The van der Waals surface area contributed by atoms with Crippen LogP contribution < -0.4 is 0 Å². The summed E-state index contributed by atoms with van der Waals surface area (Å²) in [6, 6.07) is 1.85. The topological polar surface area (TPSA) is 42.2 Å². The molecule has 0 radical (unpaired) electrons. The summed E-state index contributed by atoms with van der Waals surface area (Å²) in [5.41, 5.74) is 1.25. The van der Waals surface area contributed by atoms with Gasteiger partial charge in [-0.3, -0.25) is 0 Å². The molecule has 0 aliphatic rings. The Morgan fingerprint density at radius 2 is 2.36 bits per heavy atom. The van der Waals surface area contributed by atoms with Gasteiger partial charge in [-0.25, -0.2) is 4.79 Å². The Bertz CT molecular complexity index is 320. The zero-order valence-electron chi connectivity index (χ0n) is 8.49.